The molecule has 10 heteroatoms. The molecule has 1 saturated carbocycles. The second-order valence-electron chi connectivity index (χ2n) is 7.12. The van der Waals surface area contributed by atoms with Crippen LogP contribution in [-0.4, -0.2) is 45.1 Å². The van der Waals surface area contributed by atoms with Crippen LogP contribution < -0.4 is 19.7 Å². The van der Waals surface area contributed by atoms with Gasteiger partial charge in [-0.05, 0) is 31.7 Å². The molecular formula is C16H21FN4O4S. The van der Waals surface area contributed by atoms with Crippen molar-refractivity contribution in [2.24, 2.45) is 5.92 Å². The lowest BCUT2D eigenvalue weighted by molar-refractivity contribution is -0.117. The topological polar surface area (TPSA) is 111 Å². The number of anilines is 2. The van der Waals surface area contributed by atoms with Gasteiger partial charge in [-0.15, -0.1) is 0 Å². The molecule has 8 nitrogen and oxygen atoms in total. The van der Waals surface area contributed by atoms with Crippen LogP contribution in [0.1, 0.15) is 24.8 Å². The van der Waals surface area contributed by atoms with Crippen LogP contribution >= 0.6 is 0 Å². The number of phenolic OH excluding ortho intramolecular Hbond substituents is 1. The fraction of sp³-hybridized carbons (Fsp3) is 0.562. The van der Waals surface area contributed by atoms with E-state index in [2.05, 4.69) is 10.6 Å². The quantitative estimate of drug-likeness (QED) is 0.586. The summed E-state index contributed by atoms with van der Waals surface area (Å²) in [6.07, 6.45) is 4.15. The maximum Gasteiger partial charge on any atom is 0.326 e. The Morgan fingerprint density at radius 1 is 1.35 bits per heavy atom. The Labute approximate surface area is 150 Å². The van der Waals surface area contributed by atoms with E-state index in [1.54, 1.807) is 4.72 Å². The number of aromatic hydroxyl groups is 1. The zero-order chi connectivity index (χ0) is 18.5. The number of hydrogen-bond acceptors (Lipinski definition) is 6. The molecule has 2 heterocycles. The number of nitrogens with zero attached hydrogens (tertiary/aromatic N) is 1. The van der Waals surface area contributed by atoms with Crippen LogP contribution in [0.2, 0.25) is 0 Å². The second kappa shape index (κ2) is 6.27. The summed E-state index contributed by atoms with van der Waals surface area (Å²) in [6, 6.07) is 1.28. The summed E-state index contributed by atoms with van der Waals surface area (Å²) >= 11 is 0. The standard InChI is InChI=1S/C16H21FN4O4S/c17-15-11-4-10(7-18-6-9-2-1-3-9)19-12(11)5-13(22)16(15)21-8-14(23)20-26(21,24)25/h5,9-10,18-19,22H,1-4,6-8H2,(H,20,23)/t10-/m1/s1. The van der Waals surface area contributed by atoms with E-state index in [-0.39, 0.29) is 6.04 Å². The van der Waals surface area contributed by atoms with Crippen LogP contribution in [0.5, 0.6) is 5.75 Å². The highest BCUT2D eigenvalue weighted by atomic mass is 32.2. The molecule has 1 atom stereocenters. The molecular weight excluding hydrogens is 363 g/mol. The number of phenols is 1. The Balaban J connectivity index is 1.52. The number of carbonyl (C=O) groups excluding carboxylic acids is 1. The SMILES string of the molecule is O=C1CN(c2c(O)cc3c(c2F)C[C@H](CNCC2CCC2)N3)S(=O)(=O)N1. The molecule has 0 spiro atoms. The highest BCUT2D eigenvalue weighted by molar-refractivity contribution is 7.92. The van der Waals surface area contributed by atoms with Gasteiger partial charge in [0.2, 0.25) is 0 Å². The van der Waals surface area contributed by atoms with Crippen molar-refractivity contribution < 1.29 is 22.7 Å². The maximum atomic E-state index is 15.0. The minimum atomic E-state index is -4.18. The predicted octanol–water partition coefficient (Wildman–Crippen LogP) is 0.439. The van der Waals surface area contributed by atoms with E-state index in [4.69, 9.17) is 0 Å². The number of hydrogen-bond donors (Lipinski definition) is 4. The monoisotopic (exact) mass is 384 g/mol. The third kappa shape index (κ3) is 2.96. The van der Waals surface area contributed by atoms with Gasteiger partial charge in [0.05, 0.1) is 0 Å². The number of fused-ring (bicyclic) bond motifs is 1. The van der Waals surface area contributed by atoms with Crippen LogP contribution in [0, 0.1) is 11.7 Å². The molecule has 142 valence electrons. The Morgan fingerprint density at radius 2 is 2.12 bits per heavy atom. The molecule has 1 aromatic carbocycles. The van der Waals surface area contributed by atoms with Crippen molar-refractivity contribution >= 4 is 27.5 Å². The van der Waals surface area contributed by atoms with Crippen molar-refractivity contribution in [3.8, 4) is 5.75 Å². The lowest BCUT2D eigenvalue weighted by atomic mass is 9.85. The molecule has 0 aromatic heterocycles. The molecule has 1 aliphatic carbocycles. The van der Waals surface area contributed by atoms with Crippen molar-refractivity contribution in [2.45, 2.75) is 31.7 Å². The number of amides is 1. The summed E-state index contributed by atoms with van der Waals surface area (Å²) in [5.41, 5.74) is 0.296. The van der Waals surface area contributed by atoms with Crippen molar-refractivity contribution in [3.05, 3.63) is 17.4 Å². The molecule has 2 aliphatic heterocycles. The summed E-state index contributed by atoms with van der Waals surface area (Å²) in [5, 5.41) is 16.7. The number of rotatable bonds is 5. The minimum Gasteiger partial charge on any atom is -0.506 e. The molecule has 1 saturated heterocycles. The molecule has 0 unspecified atom stereocenters. The van der Waals surface area contributed by atoms with Gasteiger partial charge in [-0.3, -0.25) is 4.79 Å². The van der Waals surface area contributed by atoms with Gasteiger partial charge in [0.1, 0.15) is 18.0 Å². The zero-order valence-corrected chi connectivity index (χ0v) is 14.9. The van der Waals surface area contributed by atoms with E-state index in [0.717, 1.165) is 12.5 Å². The first-order valence-corrected chi connectivity index (χ1v) is 10.1. The average molecular weight is 384 g/mol. The van der Waals surface area contributed by atoms with Gasteiger partial charge in [-0.25, -0.2) is 13.4 Å². The van der Waals surface area contributed by atoms with Crippen LogP contribution in [0.3, 0.4) is 0 Å². The van der Waals surface area contributed by atoms with Gasteiger partial charge in [0.15, 0.2) is 5.82 Å². The fourth-order valence-corrected chi connectivity index (χ4v) is 4.84. The van der Waals surface area contributed by atoms with Crippen molar-refractivity contribution in [3.63, 3.8) is 0 Å². The van der Waals surface area contributed by atoms with Crippen molar-refractivity contribution in [2.75, 3.05) is 29.3 Å². The molecule has 1 amide bonds. The van der Waals surface area contributed by atoms with Gasteiger partial charge < -0.3 is 15.7 Å². The van der Waals surface area contributed by atoms with E-state index in [1.165, 1.54) is 25.3 Å². The Kier molecular flexibility index (Phi) is 4.19. The average Bonchev–Trinajstić information content (AvgIpc) is 3.02. The Bertz CT molecular complexity index is 856. The molecule has 2 fully saturated rings. The summed E-state index contributed by atoms with van der Waals surface area (Å²) < 4.78 is 41.3. The predicted molar refractivity (Wildman–Crippen MR) is 93.8 cm³/mol. The lowest BCUT2D eigenvalue weighted by Crippen LogP contribution is -2.35. The number of carbonyl (C=O) groups is 1. The molecule has 3 aliphatic rings. The summed E-state index contributed by atoms with van der Waals surface area (Å²) in [7, 11) is -4.18. The Hall–Kier alpha value is -2.07. The Morgan fingerprint density at radius 3 is 2.73 bits per heavy atom. The third-order valence-electron chi connectivity index (χ3n) is 5.25. The van der Waals surface area contributed by atoms with Gasteiger partial charge in [-0.1, -0.05) is 6.42 Å². The molecule has 0 bridgehead atoms. The minimum absolute atomic E-state index is 0.0378. The van der Waals surface area contributed by atoms with Crippen molar-refractivity contribution in [1.82, 2.24) is 10.0 Å². The van der Waals surface area contributed by atoms with Gasteiger partial charge in [0.25, 0.3) is 5.91 Å². The van der Waals surface area contributed by atoms with E-state index < -0.39 is 39.9 Å². The van der Waals surface area contributed by atoms with E-state index in [0.29, 0.717) is 28.5 Å². The number of nitrogens with one attached hydrogen (secondary N) is 3. The molecule has 1 aromatic rings. The third-order valence-corrected chi connectivity index (χ3v) is 6.63. The van der Waals surface area contributed by atoms with Gasteiger partial charge >= 0.3 is 10.2 Å². The molecule has 4 N–H and O–H groups in total. The van der Waals surface area contributed by atoms with E-state index in [1.807, 2.05) is 0 Å². The summed E-state index contributed by atoms with van der Waals surface area (Å²) in [6.45, 7) is 1.04. The first-order chi connectivity index (χ1) is 12.3. The number of halogens is 1. The van der Waals surface area contributed by atoms with E-state index in [9.17, 15) is 22.7 Å². The van der Waals surface area contributed by atoms with Crippen LogP contribution in [0.4, 0.5) is 15.8 Å². The smallest absolute Gasteiger partial charge is 0.326 e. The van der Waals surface area contributed by atoms with Crippen LogP contribution in [-0.2, 0) is 21.4 Å². The van der Waals surface area contributed by atoms with Gasteiger partial charge in [0, 0.05) is 29.9 Å². The zero-order valence-electron chi connectivity index (χ0n) is 14.1. The van der Waals surface area contributed by atoms with Crippen LogP contribution in [0.15, 0.2) is 6.07 Å². The highest BCUT2D eigenvalue weighted by Crippen LogP contribution is 2.42. The molecule has 26 heavy (non-hydrogen) atoms. The molecule has 0 radical (unpaired) electrons. The van der Waals surface area contributed by atoms with Gasteiger partial charge in [-0.2, -0.15) is 8.42 Å². The largest absolute Gasteiger partial charge is 0.506 e. The molecule has 4 rings (SSSR count). The fourth-order valence-electron chi connectivity index (χ4n) is 3.68. The second-order valence-corrected chi connectivity index (χ2v) is 8.72. The highest BCUT2D eigenvalue weighted by Gasteiger charge is 2.39. The summed E-state index contributed by atoms with van der Waals surface area (Å²) in [4.78, 5) is 11.4. The first kappa shape index (κ1) is 17.3. The van der Waals surface area contributed by atoms with Crippen molar-refractivity contribution in [1.29, 1.82) is 0 Å². The maximum absolute atomic E-state index is 15.0. The normalized spacial score (nSPS) is 24.1. The van der Waals surface area contributed by atoms with E-state index >= 15 is 0 Å². The van der Waals surface area contributed by atoms with Crippen LogP contribution in [0.25, 0.3) is 0 Å². The first-order valence-electron chi connectivity index (χ1n) is 8.70. The number of benzene rings is 1. The lowest BCUT2D eigenvalue weighted by Gasteiger charge is -2.26. The summed E-state index contributed by atoms with van der Waals surface area (Å²) in [5.74, 6) is -1.37.